The number of hydrogen-bond donors (Lipinski definition) is 2. The van der Waals surface area contributed by atoms with E-state index in [0.29, 0.717) is 13.1 Å². The van der Waals surface area contributed by atoms with Crippen molar-refractivity contribution in [3.05, 3.63) is 35.4 Å². The average Bonchev–Trinajstić information content (AvgIpc) is 2.46. The van der Waals surface area contributed by atoms with Gasteiger partial charge in [0.2, 0.25) is 0 Å². The van der Waals surface area contributed by atoms with E-state index in [1.165, 1.54) is 5.56 Å². The van der Waals surface area contributed by atoms with Gasteiger partial charge in [-0.3, -0.25) is 9.59 Å². The molecular weight excluding hydrogens is 252 g/mol. The third-order valence-corrected chi connectivity index (χ3v) is 3.10. The normalized spacial score (nSPS) is 10.1. The molecule has 0 unspecified atom stereocenters. The molecule has 0 aliphatic rings. The number of carbonyl (C=O) groups is 2. The Morgan fingerprint density at radius 2 is 1.60 bits per heavy atom. The molecule has 4 heteroatoms. The Morgan fingerprint density at radius 3 is 2.25 bits per heavy atom. The number of unbranched alkanes of at least 4 members (excludes halogenated alkanes) is 3. The summed E-state index contributed by atoms with van der Waals surface area (Å²) in [7, 11) is 0. The van der Waals surface area contributed by atoms with Gasteiger partial charge in [0.15, 0.2) is 0 Å². The molecule has 0 fully saturated rings. The van der Waals surface area contributed by atoms with Gasteiger partial charge in [0.1, 0.15) is 0 Å². The fourth-order valence-corrected chi connectivity index (χ4v) is 1.80. The number of carbonyl (C=O) groups excluding carboxylic acids is 2. The molecule has 2 amide bonds. The molecule has 0 atom stereocenters. The molecular formula is C16H24N2O2. The monoisotopic (exact) mass is 276 g/mol. The van der Waals surface area contributed by atoms with Gasteiger partial charge in [-0.15, -0.1) is 0 Å². The molecule has 0 aromatic heterocycles. The first-order chi connectivity index (χ1) is 9.63. The zero-order valence-corrected chi connectivity index (χ0v) is 12.4. The van der Waals surface area contributed by atoms with Crippen LogP contribution in [0.4, 0.5) is 0 Å². The van der Waals surface area contributed by atoms with Crippen LogP contribution >= 0.6 is 0 Å². The van der Waals surface area contributed by atoms with Crippen molar-refractivity contribution < 1.29 is 9.59 Å². The lowest BCUT2D eigenvalue weighted by atomic mass is 10.1. The van der Waals surface area contributed by atoms with Gasteiger partial charge in [-0.05, 0) is 18.9 Å². The van der Waals surface area contributed by atoms with E-state index >= 15 is 0 Å². The van der Waals surface area contributed by atoms with E-state index < -0.39 is 11.8 Å². The third kappa shape index (κ3) is 6.36. The van der Waals surface area contributed by atoms with Crippen LogP contribution in [-0.2, 0) is 16.1 Å². The molecule has 2 N–H and O–H groups in total. The lowest BCUT2D eigenvalue weighted by Crippen LogP contribution is -2.39. The van der Waals surface area contributed by atoms with E-state index in [0.717, 1.165) is 31.2 Å². The Balaban J connectivity index is 2.21. The number of aryl methyl sites for hydroxylation is 1. The summed E-state index contributed by atoms with van der Waals surface area (Å²) < 4.78 is 0. The lowest BCUT2D eigenvalue weighted by Gasteiger charge is -2.06. The van der Waals surface area contributed by atoms with Crippen LogP contribution in [0, 0.1) is 6.92 Å². The number of amides is 2. The summed E-state index contributed by atoms with van der Waals surface area (Å²) in [6.45, 7) is 5.09. The van der Waals surface area contributed by atoms with Crippen molar-refractivity contribution in [2.45, 2.75) is 46.1 Å². The van der Waals surface area contributed by atoms with Crippen molar-refractivity contribution in [1.29, 1.82) is 0 Å². The second-order valence-electron chi connectivity index (χ2n) is 4.98. The molecule has 0 spiro atoms. The Hall–Kier alpha value is -1.84. The maximum Gasteiger partial charge on any atom is 0.309 e. The maximum absolute atomic E-state index is 11.6. The topological polar surface area (TPSA) is 58.2 Å². The van der Waals surface area contributed by atoms with Crippen LogP contribution < -0.4 is 10.6 Å². The van der Waals surface area contributed by atoms with E-state index in [2.05, 4.69) is 17.6 Å². The van der Waals surface area contributed by atoms with Crippen LogP contribution in [0.3, 0.4) is 0 Å². The molecule has 0 aliphatic carbocycles. The number of rotatable bonds is 7. The van der Waals surface area contributed by atoms with Gasteiger partial charge in [-0.1, -0.05) is 56.0 Å². The predicted octanol–water partition coefficient (Wildman–Crippen LogP) is 2.31. The highest BCUT2D eigenvalue weighted by molar-refractivity contribution is 6.35. The summed E-state index contributed by atoms with van der Waals surface area (Å²) in [6.07, 6.45) is 4.33. The molecule has 1 aromatic carbocycles. The minimum atomic E-state index is -0.568. The summed E-state index contributed by atoms with van der Waals surface area (Å²) in [5.74, 6) is -1.12. The molecule has 1 aromatic rings. The summed E-state index contributed by atoms with van der Waals surface area (Å²) in [5, 5.41) is 5.26. The van der Waals surface area contributed by atoms with Crippen LogP contribution in [0.2, 0.25) is 0 Å². The summed E-state index contributed by atoms with van der Waals surface area (Å²) in [4.78, 5) is 23.1. The van der Waals surface area contributed by atoms with Crippen LogP contribution in [0.25, 0.3) is 0 Å². The van der Waals surface area contributed by atoms with Gasteiger partial charge in [0.05, 0.1) is 0 Å². The third-order valence-electron chi connectivity index (χ3n) is 3.10. The van der Waals surface area contributed by atoms with Crippen LogP contribution in [0.15, 0.2) is 24.3 Å². The quantitative estimate of drug-likeness (QED) is 0.593. The first kappa shape index (κ1) is 16.2. The molecule has 0 bridgehead atoms. The molecule has 110 valence electrons. The van der Waals surface area contributed by atoms with Crippen molar-refractivity contribution in [3.8, 4) is 0 Å². The molecule has 0 saturated carbocycles. The van der Waals surface area contributed by atoms with Gasteiger partial charge in [-0.25, -0.2) is 0 Å². The molecule has 0 aliphatic heterocycles. The summed E-state index contributed by atoms with van der Waals surface area (Å²) in [6, 6.07) is 7.85. The molecule has 4 nitrogen and oxygen atoms in total. The molecule has 0 heterocycles. The Bertz CT molecular complexity index is 427. The van der Waals surface area contributed by atoms with E-state index in [9.17, 15) is 9.59 Å². The summed E-state index contributed by atoms with van der Waals surface area (Å²) in [5.41, 5.74) is 2.16. The van der Waals surface area contributed by atoms with Crippen molar-refractivity contribution >= 4 is 11.8 Å². The first-order valence-electron chi connectivity index (χ1n) is 7.25. The second-order valence-corrected chi connectivity index (χ2v) is 4.98. The van der Waals surface area contributed by atoms with Gasteiger partial charge < -0.3 is 10.6 Å². The predicted molar refractivity (Wildman–Crippen MR) is 80.2 cm³/mol. The van der Waals surface area contributed by atoms with Crippen molar-refractivity contribution in [2.75, 3.05) is 6.54 Å². The summed E-state index contributed by atoms with van der Waals surface area (Å²) >= 11 is 0. The first-order valence-corrected chi connectivity index (χ1v) is 7.25. The van der Waals surface area contributed by atoms with E-state index in [1.807, 2.05) is 31.2 Å². The van der Waals surface area contributed by atoms with Crippen LogP contribution in [0.5, 0.6) is 0 Å². The van der Waals surface area contributed by atoms with Gasteiger partial charge in [0.25, 0.3) is 0 Å². The van der Waals surface area contributed by atoms with Crippen LogP contribution in [0.1, 0.15) is 43.7 Å². The Kier molecular flexibility index (Phi) is 7.40. The smallest absolute Gasteiger partial charge is 0.309 e. The molecule has 20 heavy (non-hydrogen) atoms. The lowest BCUT2D eigenvalue weighted by molar-refractivity contribution is -0.139. The Morgan fingerprint density at radius 1 is 0.950 bits per heavy atom. The number of hydrogen-bond acceptors (Lipinski definition) is 2. The van der Waals surface area contributed by atoms with Gasteiger partial charge in [0, 0.05) is 13.1 Å². The SMILES string of the molecule is CCCCCCNC(=O)C(=O)NCc1ccc(C)cc1. The molecule has 0 saturated heterocycles. The average molecular weight is 276 g/mol. The minimum absolute atomic E-state index is 0.377. The Labute approximate surface area is 121 Å². The highest BCUT2D eigenvalue weighted by Gasteiger charge is 2.11. The molecule has 0 radical (unpaired) electrons. The zero-order valence-electron chi connectivity index (χ0n) is 12.4. The fourth-order valence-electron chi connectivity index (χ4n) is 1.80. The van der Waals surface area contributed by atoms with Crippen molar-refractivity contribution in [3.63, 3.8) is 0 Å². The fraction of sp³-hybridized carbons (Fsp3) is 0.500. The number of nitrogens with one attached hydrogen (secondary N) is 2. The van der Waals surface area contributed by atoms with Crippen LogP contribution in [-0.4, -0.2) is 18.4 Å². The minimum Gasteiger partial charge on any atom is -0.348 e. The van der Waals surface area contributed by atoms with E-state index in [4.69, 9.17) is 0 Å². The second kappa shape index (κ2) is 9.13. The number of benzene rings is 1. The zero-order chi connectivity index (χ0) is 14.8. The largest absolute Gasteiger partial charge is 0.348 e. The maximum atomic E-state index is 11.6. The standard InChI is InChI=1S/C16H24N2O2/c1-3-4-5-6-11-17-15(19)16(20)18-12-14-9-7-13(2)8-10-14/h7-10H,3-6,11-12H2,1-2H3,(H,17,19)(H,18,20). The highest BCUT2D eigenvalue weighted by Crippen LogP contribution is 2.02. The van der Waals surface area contributed by atoms with Gasteiger partial charge >= 0.3 is 11.8 Å². The molecule has 1 rings (SSSR count). The van der Waals surface area contributed by atoms with Gasteiger partial charge in [-0.2, -0.15) is 0 Å². The van der Waals surface area contributed by atoms with E-state index in [-0.39, 0.29) is 0 Å². The van der Waals surface area contributed by atoms with E-state index in [1.54, 1.807) is 0 Å². The van der Waals surface area contributed by atoms with Crippen molar-refractivity contribution in [2.24, 2.45) is 0 Å². The van der Waals surface area contributed by atoms with Crippen molar-refractivity contribution in [1.82, 2.24) is 10.6 Å². The highest BCUT2D eigenvalue weighted by atomic mass is 16.2.